The van der Waals surface area contributed by atoms with Crippen molar-refractivity contribution in [1.29, 1.82) is 0 Å². The van der Waals surface area contributed by atoms with E-state index < -0.39 is 0 Å². The molecule has 1 fully saturated rings. The van der Waals surface area contributed by atoms with Gasteiger partial charge in [-0.2, -0.15) is 0 Å². The molecule has 2 N–H and O–H groups in total. The fourth-order valence-electron chi connectivity index (χ4n) is 2.00. The molecule has 1 aromatic rings. The molecule has 1 amide bonds. The lowest BCUT2D eigenvalue weighted by Crippen LogP contribution is -2.37. The average Bonchev–Trinajstić information content (AvgIpc) is 3.25. The van der Waals surface area contributed by atoms with E-state index in [0.717, 1.165) is 18.0 Å². The van der Waals surface area contributed by atoms with Crippen molar-refractivity contribution in [2.24, 2.45) is 5.92 Å². The molecule has 2 rings (SSSR count). The van der Waals surface area contributed by atoms with Gasteiger partial charge in [-0.15, -0.1) is 12.4 Å². The van der Waals surface area contributed by atoms with Crippen molar-refractivity contribution in [1.82, 2.24) is 10.6 Å². The van der Waals surface area contributed by atoms with E-state index in [1.807, 2.05) is 24.3 Å². The lowest BCUT2D eigenvalue weighted by Gasteiger charge is -2.16. The van der Waals surface area contributed by atoms with E-state index in [1.165, 1.54) is 12.8 Å². The second-order valence-electron chi connectivity index (χ2n) is 5.15. The second-order valence-corrected chi connectivity index (χ2v) is 5.59. The summed E-state index contributed by atoms with van der Waals surface area (Å²) in [5.74, 6) is 0.783. The Morgan fingerprint density at radius 3 is 2.62 bits per heavy atom. The summed E-state index contributed by atoms with van der Waals surface area (Å²) in [5.41, 5.74) is 1.00. The fourth-order valence-corrected chi connectivity index (χ4v) is 2.12. The van der Waals surface area contributed by atoms with Gasteiger partial charge in [0.15, 0.2) is 0 Å². The van der Waals surface area contributed by atoms with Crippen molar-refractivity contribution in [3.63, 3.8) is 0 Å². The number of ether oxygens (including phenoxy) is 1. The number of carbonyl (C=O) groups excluding carboxylic acids is 1. The first kappa shape index (κ1) is 18.2. The van der Waals surface area contributed by atoms with Gasteiger partial charge in [0.05, 0.1) is 12.6 Å². The Morgan fingerprint density at radius 2 is 2.05 bits per heavy atom. The third kappa shape index (κ3) is 6.66. The van der Waals surface area contributed by atoms with Gasteiger partial charge in [0.1, 0.15) is 0 Å². The number of nitrogens with one attached hydrogen (secondary N) is 2. The molecule has 1 aromatic carbocycles. The molecule has 0 aromatic heterocycles. The highest BCUT2D eigenvalue weighted by Crippen LogP contribution is 2.27. The Kier molecular flexibility index (Phi) is 8.04. The molecule has 0 radical (unpaired) electrons. The molecule has 1 aliphatic rings. The highest BCUT2D eigenvalue weighted by molar-refractivity contribution is 6.30. The summed E-state index contributed by atoms with van der Waals surface area (Å²) in [4.78, 5) is 11.7. The molecule has 6 heteroatoms. The predicted octanol–water partition coefficient (Wildman–Crippen LogP) is 2.57. The zero-order valence-electron chi connectivity index (χ0n) is 12.1. The van der Waals surface area contributed by atoms with Gasteiger partial charge in [-0.25, -0.2) is 0 Å². The van der Waals surface area contributed by atoms with Gasteiger partial charge in [-0.3, -0.25) is 4.79 Å². The molecule has 1 atom stereocenters. The number of hydrogen-bond donors (Lipinski definition) is 2. The third-order valence-corrected chi connectivity index (χ3v) is 3.68. The highest BCUT2D eigenvalue weighted by Gasteiger charge is 2.20. The zero-order chi connectivity index (χ0) is 14.4. The summed E-state index contributed by atoms with van der Waals surface area (Å²) in [7, 11) is 1.64. The van der Waals surface area contributed by atoms with Gasteiger partial charge >= 0.3 is 0 Å². The summed E-state index contributed by atoms with van der Waals surface area (Å²) in [5, 5.41) is 6.74. The second kappa shape index (κ2) is 9.26. The predicted molar refractivity (Wildman–Crippen MR) is 87.1 cm³/mol. The molecule has 0 spiro atoms. The SMILES string of the molecule is COC(CNC(=O)CNCC1CC1)c1ccc(Cl)cc1.Cl. The van der Waals surface area contributed by atoms with Gasteiger partial charge in [-0.05, 0) is 43.0 Å². The van der Waals surface area contributed by atoms with Crippen LogP contribution in [0.3, 0.4) is 0 Å². The Labute approximate surface area is 137 Å². The maximum absolute atomic E-state index is 11.7. The summed E-state index contributed by atoms with van der Waals surface area (Å²) in [6, 6.07) is 7.46. The van der Waals surface area contributed by atoms with Crippen LogP contribution in [0.15, 0.2) is 24.3 Å². The van der Waals surface area contributed by atoms with E-state index in [4.69, 9.17) is 16.3 Å². The van der Waals surface area contributed by atoms with Crippen LogP contribution in [0.4, 0.5) is 0 Å². The molecule has 0 bridgehead atoms. The zero-order valence-corrected chi connectivity index (χ0v) is 13.7. The summed E-state index contributed by atoms with van der Waals surface area (Å²) < 4.78 is 5.40. The Morgan fingerprint density at radius 1 is 1.38 bits per heavy atom. The van der Waals surface area contributed by atoms with Gasteiger partial charge in [0.25, 0.3) is 0 Å². The largest absolute Gasteiger partial charge is 0.375 e. The summed E-state index contributed by atoms with van der Waals surface area (Å²) in [6.45, 7) is 1.77. The van der Waals surface area contributed by atoms with Crippen molar-refractivity contribution in [3.05, 3.63) is 34.9 Å². The molecule has 4 nitrogen and oxygen atoms in total. The Hall–Kier alpha value is -0.810. The number of halogens is 2. The van der Waals surface area contributed by atoms with Crippen molar-refractivity contribution in [2.75, 3.05) is 26.7 Å². The van der Waals surface area contributed by atoms with Gasteiger partial charge in [0.2, 0.25) is 5.91 Å². The molecule has 1 saturated carbocycles. The molecule has 1 aliphatic carbocycles. The van der Waals surface area contributed by atoms with Crippen molar-refractivity contribution < 1.29 is 9.53 Å². The lowest BCUT2D eigenvalue weighted by molar-refractivity contribution is -0.120. The normalized spacial score (nSPS) is 15.1. The van der Waals surface area contributed by atoms with Crippen molar-refractivity contribution in [3.8, 4) is 0 Å². The van der Waals surface area contributed by atoms with Crippen LogP contribution < -0.4 is 10.6 Å². The first-order valence-corrected chi connectivity index (χ1v) is 7.32. The van der Waals surface area contributed by atoms with E-state index in [2.05, 4.69) is 10.6 Å². The van der Waals surface area contributed by atoms with E-state index in [0.29, 0.717) is 18.1 Å². The molecule has 1 unspecified atom stereocenters. The highest BCUT2D eigenvalue weighted by atomic mass is 35.5. The van der Waals surface area contributed by atoms with Crippen LogP contribution in [0.5, 0.6) is 0 Å². The smallest absolute Gasteiger partial charge is 0.234 e. The molecule has 118 valence electrons. The third-order valence-electron chi connectivity index (χ3n) is 3.43. The molecular weight excluding hydrogens is 311 g/mol. The maximum Gasteiger partial charge on any atom is 0.234 e. The number of benzene rings is 1. The molecule has 0 aliphatic heterocycles. The minimum Gasteiger partial charge on any atom is -0.375 e. The van der Waals surface area contributed by atoms with Crippen molar-refractivity contribution >= 4 is 29.9 Å². The van der Waals surface area contributed by atoms with E-state index >= 15 is 0 Å². The van der Waals surface area contributed by atoms with E-state index in [9.17, 15) is 4.79 Å². The molecule has 0 saturated heterocycles. The van der Waals surface area contributed by atoms with Gasteiger partial charge < -0.3 is 15.4 Å². The standard InChI is InChI=1S/C15H21ClN2O2.ClH/c1-20-14(12-4-6-13(16)7-5-12)9-18-15(19)10-17-8-11-2-3-11;/h4-7,11,14,17H,2-3,8-10H2,1H3,(H,18,19);1H. The Balaban J connectivity index is 0.00000220. The minimum absolute atomic E-state index is 0. The number of hydrogen-bond acceptors (Lipinski definition) is 3. The summed E-state index contributed by atoms with van der Waals surface area (Å²) >= 11 is 5.86. The van der Waals surface area contributed by atoms with Gasteiger partial charge in [-0.1, -0.05) is 23.7 Å². The maximum atomic E-state index is 11.7. The van der Waals surface area contributed by atoms with Crippen LogP contribution in [0.1, 0.15) is 24.5 Å². The van der Waals surface area contributed by atoms with Gasteiger partial charge in [0, 0.05) is 18.7 Å². The number of methoxy groups -OCH3 is 1. The number of rotatable bonds is 8. The average molecular weight is 333 g/mol. The first-order valence-electron chi connectivity index (χ1n) is 6.94. The molecule has 0 heterocycles. The fraction of sp³-hybridized carbons (Fsp3) is 0.533. The first-order chi connectivity index (χ1) is 9.69. The van der Waals surface area contributed by atoms with Crippen LogP contribution in [0, 0.1) is 5.92 Å². The van der Waals surface area contributed by atoms with Crippen LogP contribution >= 0.6 is 24.0 Å². The molecular formula is C15H22Cl2N2O2. The summed E-state index contributed by atoms with van der Waals surface area (Å²) in [6.07, 6.45) is 2.42. The quantitative estimate of drug-likeness (QED) is 0.769. The van der Waals surface area contributed by atoms with Crippen LogP contribution in [-0.4, -0.2) is 32.7 Å². The monoisotopic (exact) mass is 332 g/mol. The minimum atomic E-state index is -0.153. The van der Waals surface area contributed by atoms with Crippen LogP contribution in [0.2, 0.25) is 5.02 Å². The van der Waals surface area contributed by atoms with E-state index in [-0.39, 0.29) is 24.4 Å². The molecule has 21 heavy (non-hydrogen) atoms. The number of amides is 1. The van der Waals surface area contributed by atoms with E-state index in [1.54, 1.807) is 7.11 Å². The van der Waals surface area contributed by atoms with Crippen molar-refractivity contribution in [2.45, 2.75) is 18.9 Å². The van der Waals surface area contributed by atoms with Crippen LogP contribution in [-0.2, 0) is 9.53 Å². The lowest BCUT2D eigenvalue weighted by atomic mass is 10.1. The van der Waals surface area contributed by atoms with Crippen LogP contribution in [0.25, 0.3) is 0 Å². The Bertz CT molecular complexity index is 436. The number of carbonyl (C=O) groups is 1. The topological polar surface area (TPSA) is 50.4 Å².